The highest BCUT2D eigenvalue weighted by Crippen LogP contribution is 2.28. The van der Waals surface area contributed by atoms with E-state index < -0.39 is 0 Å². The lowest BCUT2D eigenvalue weighted by molar-refractivity contribution is 0.102. The average molecular weight is 297 g/mol. The number of hydrogen-bond acceptors (Lipinski definition) is 3. The minimum atomic E-state index is -0.214. The van der Waals surface area contributed by atoms with Gasteiger partial charge >= 0.3 is 0 Å². The molecule has 114 valence electrons. The van der Waals surface area contributed by atoms with E-state index in [1.54, 1.807) is 24.1 Å². The van der Waals surface area contributed by atoms with E-state index in [2.05, 4.69) is 36.2 Å². The number of nitrogens with zero attached hydrogens (tertiary/aromatic N) is 4. The van der Waals surface area contributed by atoms with Gasteiger partial charge in [-0.2, -0.15) is 5.10 Å². The number of hydrogen-bond donors (Lipinski definition) is 1. The van der Waals surface area contributed by atoms with Crippen molar-refractivity contribution in [2.24, 2.45) is 7.05 Å². The van der Waals surface area contributed by atoms with Crippen LogP contribution < -0.4 is 5.32 Å². The summed E-state index contributed by atoms with van der Waals surface area (Å²) >= 11 is 0. The number of amides is 1. The zero-order valence-electron chi connectivity index (χ0n) is 13.2. The molecule has 1 N–H and O–H groups in total. The normalized spacial score (nSPS) is 11.8. The molecule has 1 aromatic carbocycles. The summed E-state index contributed by atoms with van der Waals surface area (Å²) in [6, 6.07) is 7.86. The lowest BCUT2D eigenvalue weighted by atomic mass is 10.1. The first-order chi connectivity index (χ1) is 10.4. The van der Waals surface area contributed by atoms with Crippen LogP contribution in [0.25, 0.3) is 11.0 Å². The van der Waals surface area contributed by atoms with Crippen LogP contribution >= 0.6 is 0 Å². The van der Waals surface area contributed by atoms with Crippen LogP contribution in [0.2, 0.25) is 0 Å². The van der Waals surface area contributed by atoms with E-state index in [4.69, 9.17) is 0 Å². The Morgan fingerprint density at radius 3 is 2.59 bits per heavy atom. The lowest BCUT2D eigenvalue weighted by Gasteiger charge is -2.24. The summed E-state index contributed by atoms with van der Waals surface area (Å²) in [4.78, 5) is 16.9. The van der Waals surface area contributed by atoms with Crippen molar-refractivity contribution in [3.05, 3.63) is 42.2 Å². The first-order valence-corrected chi connectivity index (χ1v) is 7.14. The smallest absolute Gasteiger partial charge is 0.261 e. The van der Waals surface area contributed by atoms with Gasteiger partial charge in [-0.3, -0.25) is 14.8 Å². The van der Waals surface area contributed by atoms with Crippen LogP contribution in [0.5, 0.6) is 0 Å². The number of carbonyl (C=O) groups excluding carboxylic acids is 1. The fraction of sp³-hybridized carbons (Fsp3) is 0.312. The third-order valence-corrected chi connectivity index (χ3v) is 3.42. The molecule has 0 atom stereocenters. The van der Waals surface area contributed by atoms with Gasteiger partial charge in [0.15, 0.2) is 0 Å². The highest BCUT2D eigenvalue weighted by molar-refractivity contribution is 6.03. The Morgan fingerprint density at radius 1 is 1.23 bits per heavy atom. The minimum Gasteiger partial charge on any atom is -0.305 e. The Labute approximate surface area is 128 Å². The van der Waals surface area contributed by atoms with Gasteiger partial charge in [-0.15, -0.1) is 0 Å². The molecule has 2 heterocycles. The van der Waals surface area contributed by atoms with Gasteiger partial charge in [-0.05, 0) is 32.9 Å². The summed E-state index contributed by atoms with van der Waals surface area (Å²) in [5.74, 6) is 0.330. The van der Waals surface area contributed by atoms with Crippen molar-refractivity contribution in [1.29, 1.82) is 0 Å². The molecule has 0 aliphatic carbocycles. The third kappa shape index (κ3) is 2.47. The van der Waals surface area contributed by atoms with Crippen LogP contribution in [0.3, 0.4) is 0 Å². The fourth-order valence-electron chi connectivity index (χ4n) is 2.50. The minimum absolute atomic E-state index is 0.201. The number of rotatable bonds is 2. The van der Waals surface area contributed by atoms with Crippen molar-refractivity contribution in [2.45, 2.75) is 26.3 Å². The molecular formula is C16H19N5O. The molecule has 22 heavy (non-hydrogen) atoms. The molecular weight excluding hydrogens is 278 g/mol. The second-order valence-electron chi connectivity index (χ2n) is 6.29. The predicted octanol–water partition coefficient (Wildman–Crippen LogP) is 2.78. The number of aryl methyl sites for hydroxylation is 1. The summed E-state index contributed by atoms with van der Waals surface area (Å²) in [6.45, 7) is 6.25. The third-order valence-electron chi connectivity index (χ3n) is 3.42. The number of para-hydroxylation sites is 2. The van der Waals surface area contributed by atoms with Crippen LogP contribution in [0, 0.1) is 0 Å². The number of imidazole rings is 1. The summed E-state index contributed by atoms with van der Waals surface area (Å²) in [5, 5.41) is 6.92. The van der Waals surface area contributed by atoms with E-state index >= 15 is 0 Å². The molecule has 0 saturated heterocycles. The predicted molar refractivity (Wildman–Crippen MR) is 85.9 cm³/mol. The molecule has 0 spiro atoms. The first-order valence-electron chi connectivity index (χ1n) is 7.14. The monoisotopic (exact) mass is 297 g/mol. The zero-order chi connectivity index (χ0) is 15.9. The number of fused-ring (bicyclic) bond motifs is 1. The molecule has 0 fully saturated rings. The summed E-state index contributed by atoms with van der Waals surface area (Å²) in [6.07, 6.45) is 3.22. The van der Waals surface area contributed by atoms with Gasteiger partial charge in [-0.25, -0.2) is 4.98 Å². The van der Waals surface area contributed by atoms with E-state index in [1.165, 1.54) is 0 Å². The number of carbonyl (C=O) groups is 1. The first kappa shape index (κ1) is 14.3. The van der Waals surface area contributed by atoms with Gasteiger partial charge < -0.3 is 4.57 Å². The van der Waals surface area contributed by atoms with Gasteiger partial charge in [0.05, 0.1) is 22.8 Å². The van der Waals surface area contributed by atoms with E-state index in [1.807, 2.05) is 28.8 Å². The Bertz CT molecular complexity index is 838. The SMILES string of the molecule is Cn1cc(C(=O)Nc2nc3ccccc3n2C(C)(C)C)cn1. The Hall–Kier alpha value is -2.63. The van der Waals surface area contributed by atoms with Crippen molar-refractivity contribution >= 4 is 22.9 Å². The molecule has 6 nitrogen and oxygen atoms in total. The Kier molecular flexibility index (Phi) is 3.24. The molecule has 0 radical (unpaired) electrons. The maximum absolute atomic E-state index is 12.4. The van der Waals surface area contributed by atoms with E-state index in [0.717, 1.165) is 11.0 Å². The summed E-state index contributed by atoms with van der Waals surface area (Å²) < 4.78 is 3.64. The highest BCUT2D eigenvalue weighted by atomic mass is 16.1. The van der Waals surface area contributed by atoms with Crippen LogP contribution in [0.4, 0.5) is 5.95 Å². The molecule has 0 saturated carbocycles. The number of nitrogens with one attached hydrogen (secondary N) is 1. The molecule has 6 heteroatoms. The van der Waals surface area contributed by atoms with Gasteiger partial charge in [0, 0.05) is 18.8 Å². The highest BCUT2D eigenvalue weighted by Gasteiger charge is 2.23. The van der Waals surface area contributed by atoms with Crippen LogP contribution in [0.1, 0.15) is 31.1 Å². The van der Waals surface area contributed by atoms with Crippen LogP contribution in [0.15, 0.2) is 36.7 Å². The summed E-state index contributed by atoms with van der Waals surface area (Å²) in [5.41, 5.74) is 2.17. The molecule has 2 aromatic heterocycles. The fourth-order valence-corrected chi connectivity index (χ4v) is 2.50. The maximum atomic E-state index is 12.4. The second-order valence-corrected chi connectivity index (χ2v) is 6.29. The second kappa shape index (κ2) is 4.98. The molecule has 0 unspecified atom stereocenters. The molecule has 3 rings (SSSR count). The molecule has 3 aromatic rings. The van der Waals surface area contributed by atoms with E-state index in [-0.39, 0.29) is 11.4 Å². The number of benzene rings is 1. The quantitative estimate of drug-likeness (QED) is 0.791. The van der Waals surface area contributed by atoms with Crippen LogP contribution in [-0.2, 0) is 12.6 Å². The van der Waals surface area contributed by atoms with Crippen molar-refractivity contribution in [3.63, 3.8) is 0 Å². The maximum Gasteiger partial charge on any atom is 0.261 e. The Morgan fingerprint density at radius 2 is 1.95 bits per heavy atom. The number of anilines is 1. The largest absolute Gasteiger partial charge is 0.305 e. The van der Waals surface area contributed by atoms with E-state index in [0.29, 0.717) is 11.5 Å². The Balaban J connectivity index is 2.05. The zero-order valence-corrected chi connectivity index (χ0v) is 13.2. The lowest BCUT2D eigenvalue weighted by Crippen LogP contribution is -2.25. The van der Waals surface area contributed by atoms with Gasteiger partial charge in [0.1, 0.15) is 0 Å². The molecule has 0 aliphatic rings. The van der Waals surface area contributed by atoms with Crippen LogP contribution in [-0.4, -0.2) is 25.2 Å². The van der Waals surface area contributed by atoms with E-state index in [9.17, 15) is 4.79 Å². The number of aromatic nitrogens is 4. The molecule has 0 bridgehead atoms. The van der Waals surface area contributed by atoms with Crippen molar-refractivity contribution in [3.8, 4) is 0 Å². The van der Waals surface area contributed by atoms with Gasteiger partial charge in [0.2, 0.25) is 5.95 Å². The van der Waals surface area contributed by atoms with Crippen molar-refractivity contribution < 1.29 is 4.79 Å². The summed E-state index contributed by atoms with van der Waals surface area (Å²) in [7, 11) is 1.78. The average Bonchev–Trinajstić information content (AvgIpc) is 3.00. The van der Waals surface area contributed by atoms with Gasteiger partial charge in [-0.1, -0.05) is 12.1 Å². The van der Waals surface area contributed by atoms with Gasteiger partial charge in [0.25, 0.3) is 5.91 Å². The molecule has 0 aliphatic heterocycles. The molecule has 1 amide bonds. The van der Waals surface area contributed by atoms with Crippen molar-refractivity contribution in [2.75, 3.05) is 5.32 Å². The topological polar surface area (TPSA) is 64.7 Å². The standard InChI is InChI=1S/C16H19N5O/c1-16(2,3)21-13-8-6-5-7-12(13)18-15(21)19-14(22)11-9-17-20(4)10-11/h5-10H,1-4H3,(H,18,19,22). The van der Waals surface area contributed by atoms with Crippen molar-refractivity contribution in [1.82, 2.24) is 19.3 Å².